The molecule has 2 amide bonds. The minimum Gasteiger partial charge on any atom is -0.342 e. The number of hydrogen-bond acceptors (Lipinski definition) is 2. The van der Waals surface area contributed by atoms with Crippen molar-refractivity contribution in [2.24, 2.45) is 0 Å². The Hall–Kier alpha value is -2.10. The monoisotopic (exact) mass is 300 g/mol. The third kappa shape index (κ3) is 4.72. The van der Waals surface area contributed by atoms with Gasteiger partial charge in [-0.2, -0.15) is 0 Å². The highest BCUT2D eigenvalue weighted by atomic mass is 16.2. The summed E-state index contributed by atoms with van der Waals surface area (Å²) in [5.74, 6) is 0.0274. The number of allylic oxidation sites excluding steroid dienone is 1. The van der Waals surface area contributed by atoms with Gasteiger partial charge in [0.1, 0.15) is 0 Å². The number of rotatable bonds is 5. The van der Waals surface area contributed by atoms with Crippen molar-refractivity contribution in [3.8, 4) is 0 Å². The van der Waals surface area contributed by atoms with Crippen molar-refractivity contribution < 1.29 is 9.59 Å². The molecule has 0 unspecified atom stereocenters. The van der Waals surface area contributed by atoms with Gasteiger partial charge >= 0.3 is 0 Å². The third-order valence-electron chi connectivity index (χ3n) is 4.01. The van der Waals surface area contributed by atoms with E-state index >= 15 is 0 Å². The fraction of sp³-hybridized carbons (Fsp3) is 0.444. The Kier molecular flexibility index (Phi) is 5.75. The zero-order chi connectivity index (χ0) is 15.9. The van der Waals surface area contributed by atoms with Crippen LogP contribution < -0.4 is 5.32 Å². The molecule has 4 heteroatoms. The van der Waals surface area contributed by atoms with Crippen molar-refractivity contribution in [1.29, 1.82) is 0 Å². The lowest BCUT2D eigenvalue weighted by Crippen LogP contribution is -2.24. The first-order valence-electron chi connectivity index (χ1n) is 7.83. The van der Waals surface area contributed by atoms with Crippen LogP contribution in [0.25, 0.3) is 0 Å². The number of amides is 2. The number of nitrogens with zero attached hydrogens (tertiary/aromatic N) is 1. The number of anilines is 1. The zero-order valence-corrected chi connectivity index (χ0v) is 13.4. The summed E-state index contributed by atoms with van der Waals surface area (Å²) in [4.78, 5) is 25.2. The standard InChI is InChI=1S/C18H24N2O2/c1-14(21)20(2)13-16-10-6-7-11-17(16)19-18(22)12-15-8-4-3-5-9-15/h6-8,10-11H,3-5,9,12-13H2,1-2H3,(H,19,22). The molecule has 0 bridgehead atoms. The second-order valence-corrected chi connectivity index (χ2v) is 5.87. The molecule has 0 spiro atoms. The lowest BCUT2D eigenvalue weighted by molar-refractivity contribution is -0.128. The second-order valence-electron chi connectivity index (χ2n) is 5.87. The minimum absolute atomic E-state index is 0.00786. The van der Waals surface area contributed by atoms with Crippen molar-refractivity contribution in [2.75, 3.05) is 12.4 Å². The van der Waals surface area contributed by atoms with Crippen LogP contribution in [0.2, 0.25) is 0 Å². The Morgan fingerprint density at radius 1 is 1.23 bits per heavy atom. The van der Waals surface area contributed by atoms with Crippen LogP contribution in [0.4, 0.5) is 5.69 Å². The maximum Gasteiger partial charge on any atom is 0.228 e. The molecule has 1 N–H and O–H groups in total. The van der Waals surface area contributed by atoms with Crippen LogP contribution >= 0.6 is 0 Å². The number of carbonyl (C=O) groups is 2. The van der Waals surface area contributed by atoms with Crippen molar-refractivity contribution in [3.05, 3.63) is 41.5 Å². The maximum atomic E-state index is 12.2. The van der Waals surface area contributed by atoms with E-state index in [1.165, 1.54) is 25.3 Å². The molecule has 118 valence electrons. The number of carbonyl (C=O) groups excluding carboxylic acids is 2. The summed E-state index contributed by atoms with van der Waals surface area (Å²) in [6.45, 7) is 2.03. The van der Waals surface area contributed by atoms with Gasteiger partial charge in [-0.1, -0.05) is 29.8 Å². The van der Waals surface area contributed by atoms with Gasteiger partial charge in [-0.3, -0.25) is 9.59 Å². The normalized spacial score (nSPS) is 14.2. The number of nitrogens with one attached hydrogen (secondary N) is 1. The zero-order valence-electron chi connectivity index (χ0n) is 13.4. The summed E-state index contributed by atoms with van der Waals surface area (Å²) in [5, 5.41) is 2.98. The first-order valence-corrected chi connectivity index (χ1v) is 7.83. The second kappa shape index (κ2) is 7.78. The molecular weight excluding hydrogens is 276 g/mol. The van der Waals surface area contributed by atoms with Crippen molar-refractivity contribution in [2.45, 2.75) is 45.6 Å². The van der Waals surface area contributed by atoms with Crippen LogP contribution in [0.3, 0.4) is 0 Å². The SMILES string of the molecule is CC(=O)N(C)Cc1ccccc1NC(=O)CC1=CCCCC1. The van der Waals surface area contributed by atoms with E-state index in [1.54, 1.807) is 11.9 Å². The quantitative estimate of drug-likeness (QED) is 0.846. The highest BCUT2D eigenvalue weighted by molar-refractivity contribution is 5.93. The van der Waals surface area contributed by atoms with Gasteiger partial charge in [-0.05, 0) is 37.3 Å². The summed E-state index contributed by atoms with van der Waals surface area (Å²) in [6.07, 6.45) is 7.19. The molecule has 0 saturated carbocycles. The Bertz CT molecular complexity index is 578. The first kappa shape index (κ1) is 16.3. The van der Waals surface area contributed by atoms with Crippen LogP contribution in [-0.4, -0.2) is 23.8 Å². The van der Waals surface area contributed by atoms with E-state index in [1.807, 2.05) is 24.3 Å². The van der Waals surface area contributed by atoms with Crippen LogP contribution in [-0.2, 0) is 16.1 Å². The Morgan fingerprint density at radius 3 is 2.68 bits per heavy atom. The number of hydrogen-bond donors (Lipinski definition) is 1. The number of benzene rings is 1. The van der Waals surface area contributed by atoms with Crippen molar-refractivity contribution in [3.63, 3.8) is 0 Å². The Balaban J connectivity index is 2.01. The molecular formula is C18H24N2O2. The van der Waals surface area contributed by atoms with Crippen molar-refractivity contribution in [1.82, 2.24) is 4.90 Å². The van der Waals surface area contributed by atoms with Crippen LogP contribution in [0.1, 0.15) is 44.6 Å². The molecule has 1 aromatic rings. The van der Waals surface area contributed by atoms with Gasteiger partial charge in [-0.15, -0.1) is 0 Å². The molecule has 0 radical (unpaired) electrons. The molecule has 22 heavy (non-hydrogen) atoms. The highest BCUT2D eigenvalue weighted by Gasteiger charge is 2.12. The largest absolute Gasteiger partial charge is 0.342 e. The van der Waals surface area contributed by atoms with Crippen LogP contribution in [0.5, 0.6) is 0 Å². The molecule has 1 aliphatic rings. The van der Waals surface area contributed by atoms with E-state index in [-0.39, 0.29) is 11.8 Å². The van der Waals surface area contributed by atoms with Gasteiger partial charge in [-0.25, -0.2) is 0 Å². The minimum atomic E-state index is 0.00786. The van der Waals surface area contributed by atoms with Gasteiger partial charge in [0.15, 0.2) is 0 Å². The Morgan fingerprint density at radius 2 is 2.00 bits per heavy atom. The summed E-state index contributed by atoms with van der Waals surface area (Å²) in [6, 6.07) is 7.64. The fourth-order valence-corrected chi connectivity index (χ4v) is 2.61. The molecule has 4 nitrogen and oxygen atoms in total. The van der Waals surface area contributed by atoms with E-state index in [4.69, 9.17) is 0 Å². The van der Waals surface area contributed by atoms with Crippen LogP contribution in [0, 0.1) is 0 Å². The van der Waals surface area contributed by atoms with Gasteiger partial charge in [0.2, 0.25) is 11.8 Å². The summed E-state index contributed by atoms with van der Waals surface area (Å²) in [7, 11) is 1.76. The topological polar surface area (TPSA) is 49.4 Å². The summed E-state index contributed by atoms with van der Waals surface area (Å²) < 4.78 is 0. The molecule has 0 atom stereocenters. The van der Waals surface area contributed by atoms with Gasteiger partial charge in [0.25, 0.3) is 0 Å². The average molecular weight is 300 g/mol. The van der Waals surface area contributed by atoms with E-state index in [2.05, 4.69) is 11.4 Å². The molecule has 0 aromatic heterocycles. The summed E-state index contributed by atoms with van der Waals surface area (Å²) in [5.41, 5.74) is 2.98. The highest BCUT2D eigenvalue weighted by Crippen LogP contribution is 2.22. The maximum absolute atomic E-state index is 12.2. The van der Waals surface area contributed by atoms with E-state index in [0.717, 1.165) is 24.1 Å². The summed E-state index contributed by atoms with van der Waals surface area (Å²) >= 11 is 0. The molecule has 0 fully saturated rings. The predicted molar refractivity (Wildman–Crippen MR) is 88.4 cm³/mol. The lowest BCUT2D eigenvalue weighted by atomic mass is 9.97. The number of para-hydroxylation sites is 1. The fourth-order valence-electron chi connectivity index (χ4n) is 2.61. The van der Waals surface area contributed by atoms with Gasteiger partial charge < -0.3 is 10.2 Å². The molecule has 1 aromatic carbocycles. The molecule has 2 rings (SSSR count). The molecule has 0 aliphatic heterocycles. The average Bonchev–Trinajstić information content (AvgIpc) is 2.50. The smallest absolute Gasteiger partial charge is 0.228 e. The van der Waals surface area contributed by atoms with Crippen molar-refractivity contribution >= 4 is 17.5 Å². The molecule has 0 saturated heterocycles. The molecule has 0 heterocycles. The van der Waals surface area contributed by atoms with Gasteiger partial charge in [0, 0.05) is 32.6 Å². The van der Waals surface area contributed by atoms with E-state index in [0.29, 0.717) is 13.0 Å². The molecule has 1 aliphatic carbocycles. The lowest BCUT2D eigenvalue weighted by Gasteiger charge is -2.18. The van der Waals surface area contributed by atoms with Gasteiger partial charge in [0.05, 0.1) is 0 Å². The van der Waals surface area contributed by atoms with Crippen LogP contribution in [0.15, 0.2) is 35.9 Å². The predicted octanol–water partition coefficient (Wildman–Crippen LogP) is 3.49. The third-order valence-corrected chi connectivity index (χ3v) is 4.01. The Labute approximate surface area is 132 Å². The van der Waals surface area contributed by atoms with E-state index < -0.39 is 0 Å². The van der Waals surface area contributed by atoms with E-state index in [9.17, 15) is 9.59 Å². The first-order chi connectivity index (χ1) is 10.6.